The van der Waals surface area contributed by atoms with E-state index in [0.717, 1.165) is 12.1 Å². The van der Waals surface area contributed by atoms with Crippen LogP contribution in [0.25, 0.3) is 11.0 Å². The zero-order valence-electron chi connectivity index (χ0n) is 19.8. The second-order valence-electron chi connectivity index (χ2n) is 8.27. The molecular formula is C28H20FNO7. The van der Waals surface area contributed by atoms with Crippen molar-refractivity contribution in [2.75, 3.05) is 18.6 Å². The second-order valence-corrected chi connectivity index (χ2v) is 8.27. The number of anilines is 1. The van der Waals surface area contributed by atoms with Crippen molar-refractivity contribution in [3.8, 4) is 0 Å². The SMILES string of the molecule is CCOC(=O)c1ccc(N2C(=O)c3oc4ccc(F)cc4c(=O)c3C2c2ccc(C(=O)OC)cc2)cc1. The van der Waals surface area contributed by atoms with E-state index in [-0.39, 0.29) is 34.5 Å². The number of hydrogen-bond acceptors (Lipinski definition) is 7. The Morgan fingerprint density at radius 2 is 1.59 bits per heavy atom. The highest BCUT2D eigenvalue weighted by Gasteiger charge is 2.43. The molecule has 186 valence electrons. The number of amides is 1. The van der Waals surface area contributed by atoms with Gasteiger partial charge in [0.05, 0.1) is 41.8 Å². The first-order valence-corrected chi connectivity index (χ1v) is 11.4. The van der Waals surface area contributed by atoms with Gasteiger partial charge in [0.15, 0.2) is 5.43 Å². The van der Waals surface area contributed by atoms with E-state index in [2.05, 4.69) is 0 Å². The first-order chi connectivity index (χ1) is 17.8. The lowest BCUT2D eigenvalue weighted by Gasteiger charge is -2.25. The van der Waals surface area contributed by atoms with E-state index in [9.17, 15) is 23.6 Å². The highest BCUT2D eigenvalue weighted by atomic mass is 19.1. The Kier molecular flexibility index (Phi) is 6.04. The number of methoxy groups -OCH3 is 1. The summed E-state index contributed by atoms with van der Waals surface area (Å²) in [6.07, 6.45) is 0. The van der Waals surface area contributed by atoms with Crippen LogP contribution in [0.4, 0.5) is 10.1 Å². The van der Waals surface area contributed by atoms with Crippen LogP contribution in [0, 0.1) is 5.82 Å². The maximum absolute atomic E-state index is 14.0. The third-order valence-corrected chi connectivity index (χ3v) is 6.14. The summed E-state index contributed by atoms with van der Waals surface area (Å²) in [6, 6.07) is 15.0. The summed E-state index contributed by atoms with van der Waals surface area (Å²) in [4.78, 5) is 52.6. The van der Waals surface area contributed by atoms with E-state index >= 15 is 0 Å². The summed E-state index contributed by atoms with van der Waals surface area (Å²) in [6.45, 7) is 1.91. The van der Waals surface area contributed by atoms with E-state index < -0.39 is 35.1 Å². The van der Waals surface area contributed by atoms with Gasteiger partial charge in [-0.1, -0.05) is 12.1 Å². The lowest BCUT2D eigenvalue weighted by Crippen LogP contribution is -2.29. The van der Waals surface area contributed by atoms with Gasteiger partial charge in [0.2, 0.25) is 5.76 Å². The number of ether oxygens (including phenoxy) is 2. The summed E-state index contributed by atoms with van der Waals surface area (Å²) >= 11 is 0. The highest BCUT2D eigenvalue weighted by molar-refractivity contribution is 6.11. The van der Waals surface area contributed by atoms with Gasteiger partial charge in [-0.15, -0.1) is 0 Å². The largest absolute Gasteiger partial charge is 0.465 e. The highest BCUT2D eigenvalue weighted by Crippen LogP contribution is 2.41. The van der Waals surface area contributed by atoms with E-state index in [1.54, 1.807) is 31.2 Å². The number of hydrogen-bond donors (Lipinski definition) is 0. The van der Waals surface area contributed by atoms with Crippen molar-refractivity contribution in [2.24, 2.45) is 0 Å². The molecule has 0 radical (unpaired) electrons. The Morgan fingerprint density at radius 3 is 2.24 bits per heavy atom. The number of benzene rings is 3. The third-order valence-electron chi connectivity index (χ3n) is 6.14. The molecule has 4 aromatic rings. The smallest absolute Gasteiger partial charge is 0.338 e. The standard InChI is InChI=1S/C28H20FNO7/c1-3-36-28(34)17-8-11-19(12-9-17)30-23(15-4-6-16(7-5-15)27(33)35-2)22-24(31)20-14-18(29)10-13-21(20)37-25(22)26(30)32/h4-14,23H,3H2,1-2H3. The summed E-state index contributed by atoms with van der Waals surface area (Å²) in [7, 11) is 1.26. The van der Waals surface area contributed by atoms with Gasteiger partial charge in [0.25, 0.3) is 5.91 Å². The predicted molar refractivity (Wildman–Crippen MR) is 131 cm³/mol. The first kappa shape index (κ1) is 23.9. The van der Waals surface area contributed by atoms with Gasteiger partial charge in [0, 0.05) is 5.69 Å². The summed E-state index contributed by atoms with van der Waals surface area (Å²) in [5, 5.41) is 0.00207. The molecule has 0 aliphatic carbocycles. The number of esters is 2. The minimum atomic E-state index is -0.938. The van der Waals surface area contributed by atoms with Crippen molar-refractivity contribution in [1.29, 1.82) is 0 Å². The van der Waals surface area contributed by atoms with Gasteiger partial charge in [-0.05, 0) is 67.1 Å². The molecule has 1 aliphatic rings. The predicted octanol–water partition coefficient (Wildman–Crippen LogP) is 4.65. The molecule has 0 fully saturated rings. The second kappa shape index (κ2) is 9.34. The molecule has 1 aromatic heterocycles. The van der Waals surface area contributed by atoms with Crippen LogP contribution in [0.3, 0.4) is 0 Å². The van der Waals surface area contributed by atoms with Gasteiger partial charge < -0.3 is 13.9 Å². The van der Waals surface area contributed by atoms with Crippen molar-refractivity contribution >= 4 is 34.5 Å². The molecule has 1 amide bonds. The first-order valence-electron chi connectivity index (χ1n) is 11.4. The average molecular weight is 501 g/mol. The fourth-order valence-corrected chi connectivity index (χ4v) is 4.42. The van der Waals surface area contributed by atoms with Crippen LogP contribution in [0.1, 0.15) is 55.4 Å². The van der Waals surface area contributed by atoms with Crippen LogP contribution in [-0.2, 0) is 9.47 Å². The van der Waals surface area contributed by atoms with Gasteiger partial charge >= 0.3 is 11.9 Å². The summed E-state index contributed by atoms with van der Waals surface area (Å²) in [5.74, 6) is -2.41. The normalized spacial score (nSPS) is 14.5. The number of halogens is 1. The van der Waals surface area contributed by atoms with Crippen LogP contribution >= 0.6 is 0 Å². The van der Waals surface area contributed by atoms with Crippen molar-refractivity contribution in [1.82, 2.24) is 0 Å². The van der Waals surface area contributed by atoms with E-state index in [1.165, 1.54) is 42.3 Å². The van der Waals surface area contributed by atoms with Crippen molar-refractivity contribution in [3.63, 3.8) is 0 Å². The topological polar surface area (TPSA) is 103 Å². The lowest BCUT2D eigenvalue weighted by molar-refractivity contribution is 0.0525. The maximum atomic E-state index is 14.0. The molecule has 0 bridgehead atoms. The molecule has 9 heteroatoms. The van der Waals surface area contributed by atoms with E-state index in [4.69, 9.17) is 13.9 Å². The minimum Gasteiger partial charge on any atom is -0.465 e. The van der Waals surface area contributed by atoms with Gasteiger partial charge in [-0.3, -0.25) is 14.5 Å². The number of fused-ring (bicyclic) bond motifs is 2. The van der Waals surface area contributed by atoms with Crippen LogP contribution in [0.15, 0.2) is 75.9 Å². The molecule has 1 aliphatic heterocycles. The Morgan fingerprint density at radius 1 is 0.946 bits per heavy atom. The molecule has 37 heavy (non-hydrogen) atoms. The number of nitrogens with zero attached hydrogens (tertiary/aromatic N) is 1. The molecule has 0 saturated heterocycles. The molecule has 1 unspecified atom stereocenters. The Bertz CT molecular complexity index is 1610. The Balaban J connectivity index is 1.69. The Hall–Kier alpha value is -4.79. The molecule has 0 spiro atoms. The van der Waals surface area contributed by atoms with Crippen LogP contribution < -0.4 is 10.3 Å². The van der Waals surface area contributed by atoms with Crippen LogP contribution in [0.2, 0.25) is 0 Å². The monoisotopic (exact) mass is 501 g/mol. The third kappa shape index (κ3) is 4.04. The quantitative estimate of drug-likeness (QED) is 0.367. The molecule has 0 saturated carbocycles. The van der Waals surface area contributed by atoms with Crippen molar-refractivity contribution in [2.45, 2.75) is 13.0 Å². The van der Waals surface area contributed by atoms with Gasteiger partial charge in [-0.25, -0.2) is 14.0 Å². The zero-order chi connectivity index (χ0) is 26.3. The van der Waals surface area contributed by atoms with Crippen LogP contribution in [-0.4, -0.2) is 31.6 Å². The maximum Gasteiger partial charge on any atom is 0.338 e. The molecule has 1 atom stereocenters. The molecule has 5 rings (SSSR count). The van der Waals surface area contributed by atoms with Gasteiger partial charge in [-0.2, -0.15) is 0 Å². The molecule has 2 heterocycles. The molecule has 3 aromatic carbocycles. The Labute approximate surface area is 209 Å². The molecule has 8 nitrogen and oxygen atoms in total. The number of rotatable bonds is 5. The van der Waals surface area contributed by atoms with E-state index in [0.29, 0.717) is 16.8 Å². The number of carbonyl (C=O) groups excluding carboxylic acids is 3. The van der Waals surface area contributed by atoms with Crippen molar-refractivity contribution in [3.05, 3.63) is 111 Å². The van der Waals surface area contributed by atoms with Crippen LogP contribution in [0.5, 0.6) is 0 Å². The summed E-state index contributed by atoms with van der Waals surface area (Å²) in [5.41, 5.74) is 1.06. The van der Waals surface area contributed by atoms with E-state index in [1.807, 2.05) is 0 Å². The molecular weight excluding hydrogens is 481 g/mol. The number of carbonyl (C=O) groups is 3. The average Bonchev–Trinajstić information content (AvgIpc) is 3.21. The van der Waals surface area contributed by atoms with Crippen molar-refractivity contribution < 1.29 is 32.7 Å². The van der Waals surface area contributed by atoms with Gasteiger partial charge in [0.1, 0.15) is 11.4 Å². The minimum absolute atomic E-state index is 0.00207. The zero-order valence-corrected chi connectivity index (χ0v) is 19.8. The lowest BCUT2D eigenvalue weighted by atomic mass is 9.97. The summed E-state index contributed by atoms with van der Waals surface area (Å²) < 4.78 is 29.6. The fourth-order valence-electron chi connectivity index (χ4n) is 4.42. The molecule has 0 N–H and O–H groups in total. The fraction of sp³-hybridized carbons (Fsp3) is 0.143.